The number of nitrogens with one attached hydrogen (secondary N) is 3. The number of H-pyrrole nitrogens is 3. The van der Waals surface area contributed by atoms with Crippen LogP contribution in [0.5, 0.6) is 17.4 Å². The molecule has 16 heteroatoms. The highest BCUT2D eigenvalue weighted by Gasteiger charge is 2.20. The Hall–Kier alpha value is -4.99. The van der Waals surface area contributed by atoms with Gasteiger partial charge in [0.25, 0.3) is 17.1 Å². The van der Waals surface area contributed by atoms with Crippen LogP contribution in [-0.4, -0.2) is 59.1 Å². The summed E-state index contributed by atoms with van der Waals surface area (Å²) < 4.78 is 12.9. The number of aromatic hydroxyl groups is 1. The fourth-order valence-electron chi connectivity index (χ4n) is 3.26. The monoisotopic (exact) mass is 500 g/mol. The average Bonchev–Trinajstić information content (AvgIpc) is 3.19. The highest BCUT2D eigenvalue weighted by Crippen LogP contribution is 2.23. The number of aliphatic hydroxyl groups excluding tert-OH is 1. The number of azo groups is 1. The lowest BCUT2D eigenvalue weighted by Gasteiger charge is -2.14. The molecule has 0 fully saturated rings. The van der Waals surface area contributed by atoms with Crippen molar-refractivity contribution in [2.75, 3.05) is 13.7 Å². The van der Waals surface area contributed by atoms with Gasteiger partial charge >= 0.3 is 11.4 Å². The molecule has 0 unspecified atom stereocenters. The first-order valence-electron chi connectivity index (χ1n) is 10.3. The van der Waals surface area contributed by atoms with E-state index in [1.165, 1.54) is 18.7 Å². The molecule has 1 aromatic carbocycles. The largest absolute Gasteiger partial charge is 0.497 e. The van der Waals surface area contributed by atoms with Crippen molar-refractivity contribution in [1.29, 1.82) is 0 Å². The van der Waals surface area contributed by atoms with Crippen molar-refractivity contribution in [3.63, 3.8) is 0 Å². The van der Waals surface area contributed by atoms with Crippen molar-refractivity contribution < 1.29 is 19.7 Å². The molecule has 16 nitrogen and oxygen atoms in total. The first-order chi connectivity index (χ1) is 17.2. The van der Waals surface area contributed by atoms with E-state index in [0.29, 0.717) is 11.5 Å². The van der Waals surface area contributed by atoms with E-state index in [0.717, 1.165) is 4.57 Å². The molecule has 0 aliphatic heterocycles. The zero-order valence-electron chi connectivity index (χ0n) is 18.9. The van der Waals surface area contributed by atoms with E-state index in [2.05, 4.69) is 20.2 Å². The lowest BCUT2D eigenvalue weighted by Crippen LogP contribution is -2.30. The van der Waals surface area contributed by atoms with Crippen LogP contribution in [-0.2, 0) is 13.6 Å². The van der Waals surface area contributed by atoms with E-state index in [1.54, 1.807) is 24.3 Å². The SMILES string of the molecule is COc1ccc(OC[C@@H](O)Cn2c(N=Nc3c(O)[nH]c(=O)[nH]c3=O)nc3c2c(=O)[nH]c(=O)n3C)cc1. The summed E-state index contributed by atoms with van der Waals surface area (Å²) in [5.74, 6) is -0.0308. The van der Waals surface area contributed by atoms with E-state index >= 15 is 0 Å². The number of aryl methyl sites for hydroxylation is 1. The molecule has 0 spiro atoms. The fraction of sp³-hybridized carbons (Fsp3) is 0.250. The molecule has 4 rings (SSSR count). The first kappa shape index (κ1) is 24.1. The summed E-state index contributed by atoms with van der Waals surface area (Å²) >= 11 is 0. The zero-order valence-corrected chi connectivity index (χ0v) is 18.9. The summed E-state index contributed by atoms with van der Waals surface area (Å²) in [5, 5.41) is 27.9. The second kappa shape index (κ2) is 9.71. The van der Waals surface area contributed by atoms with E-state index in [4.69, 9.17) is 9.47 Å². The zero-order chi connectivity index (χ0) is 26.0. The van der Waals surface area contributed by atoms with Crippen molar-refractivity contribution in [3.8, 4) is 17.4 Å². The van der Waals surface area contributed by atoms with Crippen LogP contribution in [0.15, 0.2) is 53.7 Å². The molecule has 0 saturated heterocycles. The van der Waals surface area contributed by atoms with E-state index < -0.39 is 40.2 Å². The number of fused-ring (bicyclic) bond motifs is 1. The molecule has 0 amide bonds. The molecule has 188 valence electrons. The minimum atomic E-state index is -1.18. The molecular formula is C20H20N8O8. The summed E-state index contributed by atoms with van der Waals surface area (Å²) in [6, 6.07) is 6.65. The van der Waals surface area contributed by atoms with Gasteiger partial charge in [-0.2, -0.15) is 4.98 Å². The van der Waals surface area contributed by atoms with Crippen molar-refractivity contribution in [2.24, 2.45) is 17.3 Å². The Labute approximate surface area is 199 Å². The highest BCUT2D eigenvalue weighted by molar-refractivity contribution is 5.73. The van der Waals surface area contributed by atoms with E-state index in [9.17, 15) is 29.4 Å². The van der Waals surface area contributed by atoms with Gasteiger partial charge in [0, 0.05) is 7.05 Å². The fourth-order valence-corrected chi connectivity index (χ4v) is 3.26. The second-order valence-electron chi connectivity index (χ2n) is 7.46. The Bertz CT molecular complexity index is 1680. The minimum Gasteiger partial charge on any atom is -0.497 e. The molecule has 0 aliphatic carbocycles. The van der Waals surface area contributed by atoms with Gasteiger partial charge < -0.3 is 19.7 Å². The van der Waals surface area contributed by atoms with Crippen molar-refractivity contribution in [3.05, 3.63) is 65.9 Å². The van der Waals surface area contributed by atoms with Crippen LogP contribution in [0.25, 0.3) is 11.2 Å². The molecule has 36 heavy (non-hydrogen) atoms. The number of aromatic amines is 3. The van der Waals surface area contributed by atoms with Crippen LogP contribution in [0.3, 0.4) is 0 Å². The van der Waals surface area contributed by atoms with Crippen molar-refractivity contribution in [1.82, 2.24) is 29.1 Å². The molecule has 5 N–H and O–H groups in total. The third-order valence-corrected chi connectivity index (χ3v) is 5.02. The Morgan fingerprint density at radius 1 is 1.03 bits per heavy atom. The number of benzene rings is 1. The maximum absolute atomic E-state index is 12.6. The number of hydrogen-bond donors (Lipinski definition) is 5. The number of rotatable bonds is 8. The molecular weight excluding hydrogens is 480 g/mol. The van der Waals surface area contributed by atoms with Gasteiger partial charge in [-0.25, -0.2) is 9.59 Å². The number of methoxy groups -OCH3 is 1. The maximum atomic E-state index is 12.6. The third kappa shape index (κ3) is 4.78. The highest BCUT2D eigenvalue weighted by atomic mass is 16.5. The molecule has 3 aromatic heterocycles. The van der Waals surface area contributed by atoms with E-state index in [-0.39, 0.29) is 30.3 Å². The summed E-state index contributed by atoms with van der Waals surface area (Å²) in [5.41, 5.74) is -4.31. The number of aliphatic hydroxyl groups is 1. The summed E-state index contributed by atoms with van der Waals surface area (Å²) in [4.78, 5) is 57.9. The summed E-state index contributed by atoms with van der Waals surface area (Å²) in [6.45, 7) is -0.455. The van der Waals surface area contributed by atoms with E-state index in [1.807, 2.05) is 9.97 Å². The second-order valence-corrected chi connectivity index (χ2v) is 7.46. The number of ether oxygens (including phenoxy) is 2. The van der Waals surface area contributed by atoms with Gasteiger partial charge in [0.05, 0.1) is 13.7 Å². The van der Waals surface area contributed by atoms with Gasteiger partial charge in [-0.3, -0.25) is 33.7 Å². The van der Waals surface area contributed by atoms with Crippen LogP contribution in [0, 0.1) is 0 Å². The maximum Gasteiger partial charge on any atom is 0.329 e. The molecule has 1 atom stereocenters. The Morgan fingerprint density at radius 3 is 2.39 bits per heavy atom. The quantitative estimate of drug-likeness (QED) is 0.194. The van der Waals surface area contributed by atoms with Crippen LogP contribution in [0.2, 0.25) is 0 Å². The standard InChI is InChI=1S/C20H20N8O8/c1-27-14-13(17(32)24-20(27)34)28(7-9(29)8-36-11-5-3-10(35-2)4-6-11)18(21-14)26-25-12-15(30)22-19(33)23-16(12)31/h3-6,9,29H,7-8H2,1-2H3,(H,24,32,34)(H3,22,23,30,31,33)/t9-/m0/s1. The predicted octanol–water partition coefficient (Wildman–Crippen LogP) is -0.631. The summed E-state index contributed by atoms with van der Waals surface area (Å²) in [6.07, 6.45) is -1.18. The molecule has 0 radical (unpaired) electrons. The number of imidazole rings is 1. The number of hydrogen-bond acceptors (Lipinski definition) is 11. The molecule has 0 aliphatic rings. The van der Waals surface area contributed by atoms with Crippen molar-refractivity contribution in [2.45, 2.75) is 12.6 Å². The molecule has 4 aromatic rings. The van der Waals surface area contributed by atoms with Crippen LogP contribution in [0.1, 0.15) is 0 Å². The molecule has 3 heterocycles. The predicted molar refractivity (Wildman–Crippen MR) is 124 cm³/mol. The van der Waals surface area contributed by atoms with Gasteiger partial charge in [0.2, 0.25) is 11.6 Å². The number of aromatic nitrogens is 6. The van der Waals surface area contributed by atoms with Crippen LogP contribution in [0.4, 0.5) is 11.6 Å². The Balaban J connectivity index is 1.70. The van der Waals surface area contributed by atoms with Gasteiger partial charge in [0.15, 0.2) is 11.2 Å². The van der Waals surface area contributed by atoms with Gasteiger partial charge in [0.1, 0.15) is 24.2 Å². The lowest BCUT2D eigenvalue weighted by molar-refractivity contribution is 0.0937. The average molecular weight is 500 g/mol. The van der Waals surface area contributed by atoms with Gasteiger partial charge in [-0.15, -0.1) is 10.2 Å². The summed E-state index contributed by atoms with van der Waals surface area (Å²) in [7, 11) is 2.89. The Kier molecular flexibility index (Phi) is 6.51. The molecule has 0 bridgehead atoms. The minimum absolute atomic E-state index is 0.0689. The topological polar surface area (TPSA) is 222 Å². The first-order valence-corrected chi connectivity index (χ1v) is 10.3. The normalized spacial score (nSPS) is 12.3. The van der Waals surface area contributed by atoms with Crippen LogP contribution < -0.4 is 32.0 Å². The lowest BCUT2D eigenvalue weighted by atomic mass is 10.3. The number of nitrogens with zero attached hydrogens (tertiary/aromatic N) is 5. The molecule has 0 saturated carbocycles. The van der Waals surface area contributed by atoms with Crippen molar-refractivity contribution >= 4 is 22.8 Å². The third-order valence-electron chi connectivity index (χ3n) is 5.02. The van der Waals surface area contributed by atoms with Crippen LogP contribution >= 0.6 is 0 Å². The van der Waals surface area contributed by atoms with Gasteiger partial charge in [-0.1, -0.05) is 0 Å². The Morgan fingerprint density at radius 2 is 1.72 bits per heavy atom. The smallest absolute Gasteiger partial charge is 0.329 e. The van der Waals surface area contributed by atoms with Gasteiger partial charge in [-0.05, 0) is 24.3 Å².